The molecule has 29 heavy (non-hydrogen) atoms. The lowest BCUT2D eigenvalue weighted by Gasteiger charge is -2.24. The fourth-order valence-electron chi connectivity index (χ4n) is 3.42. The van der Waals surface area contributed by atoms with E-state index in [0.29, 0.717) is 12.2 Å². The molecule has 1 aliphatic rings. The Bertz CT molecular complexity index is 979. The summed E-state index contributed by atoms with van der Waals surface area (Å²) >= 11 is 0. The molecule has 2 aromatic rings. The number of nitrogens with one attached hydrogen (secondary N) is 1. The summed E-state index contributed by atoms with van der Waals surface area (Å²) < 4.78 is 24.9. The molecule has 0 aliphatic carbocycles. The molecule has 2 aromatic carbocycles. The molecule has 0 atom stereocenters. The molecule has 1 aliphatic heterocycles. The molecular formula is C22H27N3O3S. The topological polar surface area (TPSA) is 69.7 Å². The molecule has 1 saturated heterocycles. The lowest BCUT2D eigenvalue weighted by Crippen LogP contribution is -2.26. The largest absolute Gasteiger partial charge is 0.371 e. The molecule has 0 saturated carbocycles. The first-order valence-electron chi connectivity index (χ1n) is 9.66. The molecule has 0 unspecified atom stereocenters. The van der Waals surface area contributed by atoms with Gasteiger partial charge >= 0.3 is 0 Å². The normalized spacial score (nSPS) is 14.3. The molecule has 1 N–H and O–H groups in total. The predicted octanol–water partition coefficient (Wildman–Crippen LogP) is 3.33. The molecule has 0 radical (unpaired) electrons. The minimum absolute atomic E-state index is 0.0837. The Morgan fingerprint density at radius 1 is 1.10 bits per heavy atom. The number of rotatable bonds is 7. The minimum Gasteiger partial charge on any atom is -0.371 e. The summed E-state index contributed by atoms with van der Waals surface area (Å²) in [5.41, 5.74) is 3.67. The molecule has 0 spiro atoms. The first-order valence-corrected chi connectivity index (χ1v) is 11.5. The van der Waals surface area contributed by atoms with Gasteiger partial charge in [-0.1, -0.05) is 30.3 Å². The summed E-state index contributed by atoms with van der Waals surface area (Å²) in [4.78, 5) is 16.6. The van der Waals surface area contributed by atoms with Gasteiger partial charge in [-0.3, -0.25) is 9.52 Å². The van der Waals surface area contributed by atoms with E-state index in [2.05, 4.69) is 21.8 Å². The van der Waals surface area contributed by atoms with Crippen molar-refractivity contribution < 1.29 is 13.2 Å². The number of hydrogen-bond donors (Lipinski definition) is 1. The van der Waals surface area contributed by atoms with Crippen LogP contribution in [0.4, 0.5) is 11.4 Å². The zero-order chi connectivity index (χ0) is 20.9. The van der Waals surface area contributed by atoms with Crippen molar-refractivity contribution in [2.45, 2.75) is 19.4 Å². The van der Waals surface area contributed by atoms with Gasteiger partial charge in [0.1, 0.15) is 0 Å². The molecule has 1 heterocycles. The maximum atomic E-state index is 12.5. The van der Waals surface area contributed by atoms with Crippen molar-refractivity contribution >= 4 is 33.4 Å². The average Bonchev–Trinajstić information content (AvgIpc) is 3.21. The van der Waals surface area contributed by atoms with E-state index in [1.54, 1.807) is 42.3 Å². The van der Waals surface area contributed by atoms with Crippen LogP contribution < -0.4 is 9.62 Å². The van der Waals surface area contributed by atoms with Gasteiger partial charge in [0.15, 0.2) is 0 Å². The van der Waals surface area contributed by atoms with Gasteiger partial charge in [-0.05, 0) is 48.2 Å². The van der Waals surface area contributed by atoms with E-state index in [1.807, 2.05) is 12.1 Å². The third-order valence-corrected chi connectivity index (χ3v) is 5.46. The summed E-state index contributed by atoms with van der Waals surface area (Å²) in [6, 6.07) is 15.1. The van der Waals surface area contributed by atoms with E-state index in [1.165, 1.54) is 24.6 Å². The molecule has 6 nitrogen and oxygen atoms in total. The Labute approximate surface area is 172 Å². The van der Waals surface area contributed by atoms with Crippen molar-refractivity contribution in [2.24, 2.45) is 0 Å². The van der Waals surface area contributed by atoms with Gasteiger partial charge in [-0.25, -0.2) is 8.42 Å². The van der Waals surface area contributed by atoms with E-state index in [4.69, 9.17) is 0 Å². The van der Waals surface area contributed by atoms with Crippen molar-refractivity contribution in [3.63, 3.8) is 0 Å². The number of benzene rings is 2. The van der Waals surface area contributed by atoms with E-state index in [0.717, 1.165) is 30.5 Å². The Kier molecular flexibility index (Phi) is 6.59. The summed E-state index contributed by atoms with van der Waals surface area (Å²) in [6.07, 6.45) is 6.80. The highest BCUT2D eigenvalue weighted by Crippen LogP contribution is 2.25. The Balaban J connectivity index is 1.62. The van der Waals surface area contributed by atoms with Crippen molar-refractivity contribution in [1.82, 2.24) is 4.90 Å². The number of amides is 1. The first-order chi connectivity index (χ1) is 13.8. The van der Waals surface area contributed by atoms with Gasteiger partial charge in [0.2, 0.25) is 15.9 Å². The van der Waals surface area contributed by atoms with Crippen molar-refractivity contribution in [3.8, 4) is 0 Å². The highest BCUT2D eigenvalue weighted by atomic mass is 32.2. The van der Waals surface area contributed by atoms with Crippen LogP contribution in [0, 0.1) is 0 Å². The zero-order valence-electron chi connectivity index (χ0n) is 16.8. The van der Waals surface area contributed by atoms with Crippen molar-refractivity contribution in [2.75, 3.05) is 36.0 Å². The van der Waals surface area contributed by atoms with Crippen molar-refractivity contribution in [3.05, 3.63) is 65.7 Å². The van der Waals surface area contributed by atoms with Crippen LogP contribution in [0.5, 0.6) is 0 Å². The molecule has 7 heteroatoms. The van der Waals surface area contributed by atoms with E-state index >= 15 is 0 Å². The molecule has 1 fully saturated rings. The Morgan fingerprint density at radius 2 is 1.76 bits per heavy atom. The maximum Gasteiger partial charge on any atom is 0.246 e. The maximum absolute atomic E-state index is 12.5. The molecule has 0 bridgehead atoms. The monoisotopic (exact) mass is 413 g/mol. The van der Waals surface area contributed by atoms with Gasteiger partial charge < -0.3 is 9.80 Å². The fraction of sp³-hybridized carbons (Fsp3) is 0.318. The second kappa shape index (κ2) is 9.13. The third kappa shape index (κ3) is 6.09. The van der Waals surface area contributed by atoms with E-state index in [9.17, 15) is 13.2 Å². The van der Waals surface area contributed by atoms with E-state index in [-0.39, 0.29) is 5.91 Å². The summed E-state index contributed by atoms with van der Waals surface area (Å²) in [5.74, 6) is -0.0837. The Morgan fingerprint density at radius 3 is 2.41 bits per heavy atom. The molecule has 154 valence electrons. The summed E-state index contributed by atoms with van der Waals surface area (Å²) in [7, 11) is -1.50. The first kappa shape index (κ1) is 20.9. The van der Waals surface area contributed by atoms with Gasteiger partial charge in [0.05, 0.1) is 6.26 Å². The van der Waals surface area contributed by atoms with Crippen molar-refractivity contribution in [1.29, 1.82) is 0 Å². The van der Waals surface area contributed by atoms with Gasteiger partial charge in [0, 0.05) is 44.1 Å². The number of sulfonamides is 1. The number of para-hydroxylation sites is 1. The van der Waals surface area contributed by atoms with Crippen LogP contribution in [0.1, 0.15) is 24.0 Å². The fourth-order valence-corrected chi connectivity index (χ4v) is 3.98. The zero-order valence-corrected chi connectivity index (χ0v) is 17.7. The van der Waals surface area contributed by atoms with Crippen LogP contribution >= 0.6 is 0 Å². The number of carbonyl (C=O) groups excluding carboxylic acids is 1. The van der Waals surface area contributed by atoms with Crippen LogP contribution in [0.25, 0.3) is 6.08 Å². The molecular weight excluding hydrogens is 386 g/mol. The van der Waals surface area contributed by atoms with Crippen LogP contribution in [-0.4, -0.2) is 45.6 Å². The quantitative estimate of drug-likeness (QED) is 0.707. The SMILES string of the molecule is CN(Cc1ccccc1N1CCCC1)C(=O)/C=C/c1ccc(NS(C)(=O)=O)cc1. The molecule has 1 amide bonds. The predicted molar refractivity (Wildman–Crippen MR) is 118 cm³/mol. The number of nitrogens with zero attached hydrogens (tertiary/aromatic N) is 2. The van der Waals surface area contributed by atoms with Crippen LogP contribution in [-0.2, 0) is 21.4 Å². The molecule has 0 aromatic heterocycles. The van der Waals surface area contributed by atoms with Crippen LogP contribution in [0.15, 0.2) is 54.6 Å². The second-order valence-electron chi connectivity index (χ2n) is 7.35. The number of carbonyl (C=O) groups is 1. The number of likely N-dealkylation sites (N-methyl/N-ethyl adjacent to an activating group) is 1. The summed E-state index contributed by atoms with van der Waals surface area (Å²) in [5, 5.41) is 0. The molecule has 3 rings (SSSR count). The van der Waals surface area contributed by atoms with Gasteiger partial charge in [0.25, 0.3) is 0 Å². The second-order valence-corrected chi connectivity index (χ2v) is 9.10. The van der Waals surface area contributed by atoms with Gasteiger partial charge in [-0.2, -0.15) is 0 Å². The Hall–Kier alpha value is -2.80. The highest BCUT2D eigenvalue weighted by Gasteiger charge is 2.16. The summed E-state index contributed by atoms with van der Waals surface area (Å²) in [6.45, 7) is 2.69. The number of hydrogen-bond acceptors (Lipinski definition) is 4. The third-order valence-electron chi connectivity index (χ3n) is 4.85. The minimum atomic E-state index is -3.30. The van der Waals surface area contributed by atoms with Crippen LogP contribution in [0.2, 0.25) is 0 Å². The smallest absolute Gasteiger partial charge is 0.246 e. The van der Waals surface area contributed by atoms with Crippen LogP contribution in [0.3, 0.4) is 0 Å². The highest BCUT2D eigenvalue weighted by molar-refractivity contribution is 7.92. The lowest BCUT2D eigenvalue weighted by molar-refractivity contribution is -0.125. The van der Waals surface area contributed by atoms with E-state index < -0.39 is 10.0 Å². The standard InChI is InChI=1S/C22H27N3O3S/c1-24(17-19-7-3-4-8-21(19)25-15-5-6-16-25)22(26)14-11-18-9-12-20(13-10-18)23-29(2,27)28/h3-4,7-14,23H,5-6,15-17H2,1-2H3/b14-11+. The van der Waals surface area contributed by atoms with Gasteiger partial charge in [-0.15, -0.1) is 0 Å². The lowest BCUT2D eigenvalue weighted by atomic mass is 10.1. The average molecular weight is 414 g/mol. The number of anilines is 2.